The van der Waals surface area contributed by atoms with Crippen LogP contribution in [-0.2, 0) is 11.3 Å². The number of carbonyl (C=O) groups is 2. The minimum Gasteiger partial charge on any atom is -0.453 e. The van der Waals surface area contributed by atoms with E-state index in [1.807, 2.05) is 0 Å². The molecular formula is C15H14FN3O3. The predicted molar refractivity (Wildman–Crippen MR) is 77.8 cm³/mol. The molecule has 22 heavy (non-hydrogen) atoms. The van der Waals surface area contributed by atoms with Gasteiger partial charge in [0, 0.05) is 17.4 Å². The van der Waals surface area contributed by atoms with Crippen LogP contribution in [0.1, 0.15) is 16.1 Å². The van der Waals surface area contributed by atoms with Crippen molar-refractivity contribution in [2.75, 3.05) is 12.4 Å². The summed E-state index contributed by atoms with van der Waals surface area (Å²) in [5.41, 5.74) is 1.37. The van der Waals surface area contributed by atoms with Crippen molar-refractivity contribution < 1.29 is 18.7 Å². The van der Waals surface area contributed by atoms with Gasteiger partial charge in [-0.05, 0) is 36.4 Å². The van der Waals surface area contributed by atoms with E-state index in [1.54, 1.807) is 12.1 Å². The van der Waals surface area contributed by atoms with Crippen molar-refractivity contribution in [2.45, 2.75) is 6.54 Å². The summed E-state index contributed by atoms with van der Waals surface area (Å²) in [5, 5.41) is 5.12. The van der Waals surface area contributed by atoms with Crippen LogP contribution in [0.25, 0.3) is 0 Å². The number of nitrogens with zero attached hydrogens (tertiary/aromatic N) is 1. The fourth-order valence-corrected chi connectivity index (χ4v) is 1.69. The van der Waals surface area contributed by atoms with E-state index < -0.39 is 6.09 Å². The molecule has 0 aliphatic carbocycles. The molecule has 0 aliphatic heterocycles. The summed E-state index contributed by atoms with van der Waals surface area (Å²) in [7, 11) is 1.26. The number of hydrogen-bond donors (Lipinski definition) is 2. The zero-order chi connectivity index (χ0) is 15.9. The first-order valence-corrected chi connectivity index (χ1v) is 6.42. The molecule has 0 fully saturated rings. The van der Waals surface area contributed by atoms with E-state index in [4.69, 9.17) is 0 Å². The van der Waals surface area contributed by atoms with E-state index in [2.05, 4.69) is 20.4 Å². The van der Waals surface area contributed by atoms with Gasteiger partial charge >= 0.3 is 6.09 Å². The Morgan fingerprint density at radius 3 is 2.64 bits per heavy atom. The first-order chi connectivity index (χ1) is 10.6. The number of pyridine rings is 1. The summed E-state index contributed by atoms with van der Waals surface area (Å²) in [6, 6.07) is 8.54. The molecule has 2 aromatic rings. The number of aromatic nitrogens is 1. The van der Waals surface area contributed by atoms with Gasteiger partial charge in [-0.25, -0.2) is 9.18 Å². The largest absolute Gasteiger partial charge is 0.453 e. The van der Waals surface area contributed by atoms with Crippen LogP contribution in [0.3, 0.4) is 0 Å². The number of anilines is 1. The SMILES string of the molecule is COC(=O)NCc1cc(C(=O)Nc2ccc(F)cc2)ccn1. The topological polar surface area (TPSA) is 80.3 Å². The standard InChI is InChI=1S/C15H14FN3O3/c1-22-15(21)18-9-13-8-10(6-7-17-13)14(20)19-12-4-2-11(16)3-5-12/h2-8H,9H2,1H3,(H,18,21)(H,19,20). The maximum atomic E-state index is 12.8. The summed E-state index contributed by atoms with van der Waals surface area (Å²) in [6.45, 7) is 0.143. The minimum atomic E-state index is -0.581. The molecular weight excluding hydrogens is 289 g/mol. The van der Waals surface area contributed by atoms with Crippen LogP contribution in [0.4, 0.5) is 14.9 Å². The Hall–Kier alpha value is -2.96. The lowest BCUT2D eigenvalue weighted by molar-refractivity contribution is 0.102. The average Bonchev–Trinajstić information content (AvgIpc) is 2.55. The quantitative estimate of drug-likeness (QED) is 0.908. The van der Waals surface area contributed by atoms with Gasteiger partial charge in [-0.15, -0.1) is 0 Å². The Bertz CT molecular complexity index is 674. The second-order valence-electron chi connectivity index (χ2n) is 4.34. The number of benzene rings is 1. The minimum absolute atomic E-state index is 0.143. The monoisotopic (exact) mass is 303 g/mol. The van der Waals surface area contributed by atoms with E-state index in [-0.39, 0.29) is 18.3 Å². The zero-order valence-corrected chi connectivity index (χ0v) is 11.8. The highest BCUT2D eigenvalue weighted by Gasteiger charge is 2.08. The van der Waals surface area contributed by atoms with Gasteiger partial charge in [-0.1, -0.05) is 0 Å². The maximum absolute atomic E-state index is 12.8. The maximum Gasteiger partial charge on any atom is 0.407 e. The van der Waals surface area contributed by atoms with E-state index in [0.29, 0.717) is 16.9 Å². The molecule has 114 valence electrons. The third-order valence-corrected chi connectivity index (χ3v) is 2.78. The van der Waals surface area contributed by atoms with Gasteiger partial charge in [0.25, 0.3) is 5.91 Å². The summed E-state index contributed by atoms with van der Waals surface area (Å²) < 4.78 is 17.3. The smallest absolute Gasteiger partial charge is 0.407 e. The number of halogens is 1. The van der Waals surface area contributed by atoms with E-state index in [9.17, 15) is 14.0 Å². The third kappa shape index (κ3) is 4.27. The van der Waals surface area contributed by atoms with Gasteiger partial charge in [-0.3, -0.25) is 9.78 Å². The van der Waals surface area contributed by atoms with Gasteiger partial charge in [0.1, 0.15) is 5.82 Å². The highest BCUT2D eigenvalue weighted by molar-refractivity contribution is 6.04. The first kappa shape index (κ1) is 15.4. The molecule has 2 rings (SSSR count). The van der Waals surface area contributed by atoms with Crippen molar-refractivity contribution >= 4 is 17.7 Å². The molecule has 0 aliphatic rings. The first-order valence-electron chi connectivity index (χ1n) is 6.42. The van der Waals surface area contributed by atoms with E-state index in [0.717, 1.165) is 0 Å². The molecule has 1 aromatic carbocycles. The molecule has 1 aromatic heterocycles. The molecule has 0 saturated heterocycles. The van der Waals surface area contributed by atoms with Gasteiger partial charge in [-0.2, -0.15) is 0 Å². The highest BCUT2D eigenvalue weighted by atomic mass is 19.1. The zero-order valence-electron chi connectivity index (χ0n) is 11.8. The normalized spacial score (nSPS) is 9.91. The third-order valence-electron chi connectivity index (χ3n) is 2.78. The molecule has 7 heteroatoms. The van der Waals surface area contributed by atoms with Crippen LogP contribution in [0.15, 0.2) is 42.6 Å². The summed E-state index contributed by atoms with van der Waals surface area (Å²) in [4.78, 5) is 27.1. The Balaban J connectivity index is 2.03. The molecule has 2 amide bonds. The lowest BCUT2D eigenvalue weighted by Crippen LogP contribution is -2.23. The number of ether oxygens (including phenoxy) is 1. The van der Waals surface area contributed by atoms with Crippen LogP contribution in [0, 0.1) is 5.82 Å². The molecule has 0 atom stereocenters. The number of nitrogens with one attached hydrogen (secondary N) is 2. The summed E-state index contributed by atoms with van der Waals surface area (Å²) >= 11 is 0. The number of methoxy groups -OCH3 is 1. The number of hydrogen-bond acceptors (Lipinski definition) is 4. The van der Waals surface area contributed by atoms with Crippen molar-refractivity contribution in [2.24, 2.45) is 0 Å². The van der Waals surface area contributed by atoms with E-state index in [1.165, 1.54) is 37.6 Å². The van der Waals surface area contributed by atoms with Crippen LogP contribution in [-0.4, -0.2) is 24.1 Å². The van der Waals surface area contributed by atoms with Crippen LogP contribution >= 0.6 is 0 Å². The second-order valence-corrected chi connectivity index (χ2v) is 4.34. The lowest BCUT2D eigenvalue weighted by atomic mass is 10.2. The molecule has 1 heterocycles. The average molecular weight is 303 g/mol. The van der Waals surface area contributed by atoms with Gasteiger partial charge < -0.3 is 15.4 Å². The van der Waals surface area contributed by atoms with Gasteiger partial charge in [0.05, 0.1) is 19.3 Å². The van der Waals surface area contributed by atoms with Crippen molar-refractivity contribution in [3.05, 3.63) is 59.7 Å². The van der Waals surface area contributed by atoms with Crippen LogP contribution in [0.2, 0.25) is 0 Å². The summed E-state index contributed by atoms with van der Waals surface area (Å²) in [5.74, 6) is -0.730. The Morgan fingerprint density at radius 1 is 1.23 bits per heavy atom. The Labute approximate surface area is 126 Å². The second kappa shape index (κ2) is 7.16. The molecule has 0 bridgehead atoms. The summed E-state index contributed by atoms with van der Waals surface area (Å²) in [6.07, 6.45) is 0.886. The van der Waals surface area contributed by atoms with Crippen LogP contribution in [0.5, 0.6) is 0 Å². The number of rotatable bonds is 4. The molecule has 0 unspecified atom stereocenters. The van der Waals surface area contributed by atoms with Crippen molar-refractivity contribution in [3.8, 4) is 0 Å². The van der Waals surface area contributed by atoms with Crippen LogP contribution < -0.4 is 10.6 Å². The molecule has 0 radical (unpaired) electrons. The number of carbonyl (C=O) groups excluding carboxylic acids is 2. The molecule has 6 nitrogen and oxygen atoms in total. The highest BCUT2D eigenvalue weighted by Crippen LogP contribution is 2.11. The molecule has 2 N–H and O–H groups in total. The molecule has 0 spiro atoms. The predicted octanol–water partition coefficient (Wildman–Crippen LogP) is 2.33. The lowest BCUT2D eigenvalue weighted by Gasteiger charge is -2.07. The fraction of sp³-hybridized carbons (Fsp3) is 0.133. The molecule has 0 saturated carbocycles. The Kier molecular flexibility index (Phi) is 5.02. The Morgan fingerprint density at radius 2 is 1.95 bits per heavy atom. The van der Waals surface area contributed by atoms with Gasteiger partial charge in [0.15, 0.2) is 0 Å². The number of amides is 2. The van der Waals surface area contributed by atoms with Crippen molar-refractivity contribution in [1.29, 1.82) is 0 Å². The fourth-order valence-electron chi connectivity index (χ4n) is 1.69. The van der Waals surface area contributed by atoms with Gasteiger partial charge in [0.2, 0.25) is 0 Å². The van der Waals surface area contributed by atoms with E-state index >= 15 is 0 Å². The number of alkyl carbamates (subject to hydrolysis) is 1. The van der Waals surface area contributed by atoms with Crippen molar-refractivity contribution in [1.82, 2.24) is 10.3 Å². The van der Waals surface area contributed by atoms with Crippen molar-refractivity contribution in [3.63, 3.8) is 0 Å².